The number of aryl methyl sites for hydroxylation is 2. The Morgan fingerprint density at radius 2 is 1.92 bits per heavy atom. The molecule has 0 atom stereocenters. The van der Waals surface area contributed by atoms with Gasteiger partial charge in [0.1, 0.15) is 5.75 Å². The van der Waals surface area contributed by atoms with Crippen molar-refractivity contribution in [1.82, 2.24) is 5.32 Å². The fourth-order valence-electron chi connectivity index (χ4n) is 2.11. The summed E-state index contributed by atoms with van der Waals surface area (Å²) in [5, 5.41) is 15.4. The number of anilines is 1. The smallest absolute Gasteiger partial charge is 0.325 e. The number of nitrogens with zero attached hydrogens (tertiary/aromatic N) is 1. The summed E-state index contributed by atoms with van der Waals surface area (Å²) >= 11 is 0. The predicted molar refractivity (Wildman–Crippen MR) is 91.7 cm³/mol. The molecular formula is C17H17N3O5. The molecule has 0 heterocycles. The average Bonchev–Trinajstić information content (AvgIpc) is 2.56. The maximum absolute atomic E-state index is 11.8. The highest BCUT2D eigenvalue weighted by molar-refractivity contribution is 6.01. The molecule has 2 N–H and O–H groups in total. The van der Waals surface area contributed by atoms with Gasteiger partial charge < -0.3 is 10.1 Å². The number of nitro groups is 1. The largest absolute Gasteiger partial charge is 0.484 e. The number of hydrogen-bond acceptors (Lipinski definition) is 5. The Morgan fingerprint density at radius 1 is 1.16 bits per heavy atom. The lowest BCUT2D eigenvalue weighted by molar-refractivity contribution is -0.384. The number of hydrogen-bond donors (Lipinski definition) is 2. The van der Waals surface area contributed by atoms with Crippen molar-refractivity contribution in [3.8, 4) is 5.75 Å². The summed E-state index contributed by atoms with van der Waals surface area (Å²) in [4.78, 5) is 33.7. The van der Waals surface area contributed by atoms with Gasteiger partial charge in [0.25, 0.3) is 11.6 Å². The fraction of sp³-hybridized carbons (Fsp3) is 0.176. The van der Waals surface area contributed by atoms with Crippen LogP contribution in [0.4, 0.5) is 16.2 Å². The van der Waals surface area contributed by atoms with Gasteiger partial charge >= 0.3 is 6.03 Å². The minimum Gasteiger partial charge on any atom is -0.484 e. The zero-order valence-electron chi connectivity index (χ0n) is 13.7. The molecule has 25 heavy (non-hydrogen) atoms. The van der Waals surface area contributed by atoms with E-state index in [4.69, 9.17) is 4.74 Å². The molecule has 2 aromatic carbocycles. The van der Waals surface area contributed by atoms with Gasteiger partial charge in [-0.15, -0.1) is 0 Å². The van der Waals surface area contributed by atoms with Gasteiger partial charge in [0.15, 0.2) is 6.61 Å². The van der Waals surface area contributed by atoms with Crippen LogP contribution in [0, 0.1) is 24.0 Å². The first-order valence-electron chi connectivity index (χ1n) is 7.40. The maximum Gasteiger partial charge on any atom is 0.325 e. The monoisotopic (exact) mass is 343 g/mol. The molecule has 0 fully saturated rings. The number of ether oxygens (including phenoxy) is 1. The van der Waals surface area contributed by atoms with E-state index in [1.165, 1.54) is 24.3 Å². The summed E-state index contributed by atoms with van der Waals surface area (Å²) in [6.07, 6.45) is 0. The third-order valence-electron chi connectivity index (χ3n) is 3.28. The van der Waals surface area contributed by atoms with E-state index in [-0.39, 0.29) is 11.4 Å². The topological polar surface area (TPSA) is 111 Å². The van der Waals surface area contributed by atoms with Crippen molar-refractivity contribution in [2.75, 3.05) is 11.9 Å². The Hall–Kier alpha value is -3.42. The second kappa shape index (κ2) is 7.91. The highest BCUT2D eigenvalue weighted by atomic mass is 16.6. The highest BCUT2D eigenvalue weighted by Crippen LogP contribution is 2.19. The summed E-state index contributed by atoms with van der Waals surface area (Å²) in [6, 6.07) is 10.2. The first-order valence-corrected chi connectivity index (χ1v) is 7.40. The number of nitrogens with one attached hydrogen (secondary N) is 2. The molecule has 0 saturated carbocycles. The van der Waals surface area contributed by atoms with Crippen LogP contribution in [0.2, 0.25) is 0 Å². The minimum atomic E-state index is -0.681. The fourth-order valence-corrected chi connectivity index (χ4v) is 2.11. The number of amides is 3. The van der Waals surface area contributed by atoms with E-state index in [1.54, 1.807) is 6.07 Å². The van der Waals surface area contributed by atoms with Crippen molar-refractivity contribution in [1.29, 1.82) is 0 Å². The zero-order chi connectivity index (χ0) is 18.4. The number of non-ortho nitro benzene ring substituents is 1. The molecule has 0 spiro atoms. The lowest BCUT2D eigenvalue weighted by Gasteiger charge is -2.10. The Balaban J connectivity index is 1.86. The van der Waals surface area contributed by atoms with Crippen LogP contribution < -0.4 is 15.4 Å². The van der Waals surface area contributed by atoms with Crippen LogP contribution in [-0.2, 0) is 4.79 Å². The predicted octanol–water partition coefficient (Wildman–Crippen LogP) is 2.94. The van der Waals surface area contributed by atoms with Gasteiger partial charge in [0.05, 0.1) is 11.0 Å². The second-order valence-electron chi connectivity index (χ2n) is 5.36. The van der Waals surface area contributed by atoms with Gasteiger partial charge in [0.2, 0.25) is 0 Å². The molecule has 2 rings (SSSR count). The summed E-state index contributed by atoms with van der Waals surface area (Å²) < 4.78 is 5.15. The van der Waals surface area contributed by atoms with Crippen molar-refractivity contribution < 1.29 is 19.2 Å². The molecule has 0 aliphatic rings. The molecule has 0 aliphatic carbocycles. The summed E-state index contributed by atoms with van der Waals surface area (Å²) in [6.45, 7) is 3.34. The van der Waals surface area contributed by atoms with E-state index in [2.05, 4.69) is 10.6 Å². The van der Waals surface area contributed by atoms with Crippen LogP contribution in [0.5, 0.6) is 5.75 Å². The Labute approximate surface area is 144 Å². The second-order valence-corrected chi connectivity index (χ2v) is 5.36. The van der Waals surface area contributed by atoms with Gasteiger partial charge in [-0.2, -0.15) is 0 Å². The quantitative estimate of drug-likeness (QED) is 0.640. The third kappa shape index (κ3) is 5.31. The van der Waals surface area contributed by atoms with Crippen LogP contribution in [0.15, 0.2) is 42.5 Å². The Morgan fingerprint density at radius 3 is 2.60 bits per heavy atom. The molecule has 0 radical (unpaired) electrons. The van der Waals surface area contributed by atoms with Crippen LogP contribution in [0.3, 0.4) is 0 Å². The molecule has 0 aromatic heterocycles. The molecule has 0 saturated heterocycles. The van der Waals surface area contributed by atoms with Crippen molar-refractivity contribution in [2.24, 2.45) is 0 Å². The van der Waals surface area contributed by atoms with E-state index in [9.17, 15) is 19.7 Å². The van der Waals surface area contributed by atoms with E-state index < -0.39 is 23.5 Å². The van der Waals surface area contributed by atoms with Crippen molar-refractivity contribution in [3.63, 3.8) is 0 Å². The number of carbonyl (C=O) groups is 2. The molecule has 2 aromatic rings. The normalized spacial score (nSPS) is 10.0. The first kappa shape index (κ1) is 17.9. The molecule has 0 bridgehead atoms. The SMILES string of the molecule is Cc1ccc(NC(=O)NC(=O)COc2cccc([N+](=O)[O-])c2)c(C)c1. The molecule has 0 aliphatic heterocycles. The van der Waals surface area contributed by atoms with Gasteiger partial charge in [-0.3, -0.25) is 20.2 Å². The van der Waals surface area contributed by atoms with Gasteiger partial charge in [-0.25, -0.2) is 4.79 Å². The molecule has 8 nitrogen and oxygen atoms in total. The number of benzene rings is 2. The van der Waals surface area contributed by atoms with Crippen LogP contribution >= 0.6 is 0 Å². The maximum atomic E-state index is 11.8. The summed E-state index contributed by atoms with van der Waals surface area (Å²) in [7, 11) is 0. The van der Waals surface area contributed by atoms with Crippen molar-refractivity contribution in [3.05, 3.63) is 63.7 Å². The van der Waals surface area contributed by atoms with Crippen molar-refractivity contribution in [2.45, 2.75) is 13.8 Å². The first-order chi connectivity index (χ1) is 11.8. The van der Waals surface area contributed by atoms with E-state index in [0.717, 1.165) is 11.1 Å². The van der Waals surface area contributed by atoms with E-state index in [0.29, 0.717) is 5.69 Å². The average molecular weight is 343 g/mol. The van der Waals surface area contributed by atoms with E-state index >= 15 is 0 Å². The number of imide groups is 1. The Bertz CT molecular complexity index is 820. The molecule has 8 heteroatoms. The van der Waals surface area contributed by atoms with Crippen molar-refractivity contribution >= 4 is 23.3 Å². The zero-order valence-corrected chi connectivity index (χ0v) is 13.7. The van der Waals surface area contributed by atoms with Crippen LogP contribution in [-0.4, -0.2) is 23.5 Å². The Kier molecular flexibility index (Phi) is 5.67. The molecule has 3 amide bonds. The van der Waals surface area contributed by atoms with Gasteiger partial charge in [0, 0.05) is 11.8 Å². The third-order valence-corrected chi connectivity index (χ3v) is 3.28. The van der Waals surface area contributed by atoms with Crippen LogP contribution in [0.25, 0.3) is 0 Å². The van der Waals surface area contributed by atoms with E-state index in [1.807, 2.05) is 26.0 Å². The number of carbonyl (C=O) groups excluding carboxylic acids is 2. The van der Waals surface area contributed by atoms with Crippen LogP contribution in [0.1, 0.15) is 11.1 Å². The van der Waals surface area contributed by atoms with Gasteiger partial charge in [-0.1, -0.05) is 23.8 Å². The van der Waals surface area contributed by atoms with Gasteiger partial charge in [-0.05, 0) is 31.5 Å². The minimum absolute atomic E-state index is 0.148. The lowest BCUT2D eigenvalue weighted by Crippen LogP contribution is -2.37. The molecule has 0 unspecified atom stereocenters. The standard InChI is InChI=1S/C17H17N3O5/c1-11-6-7-15(12(2)8-11)18-17(22)19-16(21)10-25-14-5-3-4-13(9-14)20(23)24/h3-9H,10H2,1-2H3,(H2,18,19,21,22). The summed E-state index contributed by atoms with van der Waals surface area (Å²) in [5.74, 6) is -0.507. The highest BCUT2D eigenvalue weighted by Gasteiger charge is 2.11. The number of rotatable bonds is 5. The lowest BCUT2D eigenvalue weighted by atomic mass is 10.1. The number of urea groups is 1. The summed E-state index contributed by atoms with van der Waals surface area (Å²) in [5.41, 5.74) is 2.38. The number of nitro benzene ring substituents is 1. The molecule has 130 valence electrons. The molecular weight excluding hydrogens is 326 g/mol.